The summed E-state index contributed by atoms with van der Waals surface area (Å²) in [6, 6.07) is 4.19. The third kappa shape index (κ3) is 4.06. The standard InChI is InChI=1S/C12H16ClFN2O2S/c1-8(7-15-10-3-4-10)19(17,18)16-12-6-9(13)2-5-11(12)14/h2,5-6,8,10,15-16H,3-4,7H2,1H3. The number of sulfonamides is 1. The van der Waals surface area contributed by atoms with Gasteiger partial charge in [0.2, 0.25) is 10.0 Å². The summed E-state index contributed by atoms with van der Waals surface area (Å²) < 4.78 is 39.8. The van der Waals surface area contributed by atoms with E-state index in [0.29, 0.717) is 12.6 Å². The highest BCUT2D eigenvalue weighted by Gasteiger charge is 2.26. The first-order valence-corrected chi connectivity index (χ1v) is 8.01. The Balaban J connectivity index is 2.04. The number of anilines is 1. The molecule has 4 nitrogen and oxygen atoms in total. The highest BCUT2D eigenvalue weighted by Crippen LogP contribution is 2.22. The van der Waals surface area contributed by atoms with Crippen LogP contribution in [0.1, 0.15) is 19.8 Å². The van der Waals surface area contributed by atoms with Crippen molar-refractivity contribution in [3.8, 4) is 0 Å². The van der Waals surface area contributed by atoms with Gasteiger partial charge in [-0.1, -0.05) is 11.6 Å². The molecule has 1 aliphatic carbocycles. The van der Waals surface area contributed by atoms with Gasteiger partial charge in [0.25, 0.3) is 0 Å². The van der Waals surface area contributed by atoms with E-state index in [-0.39, 0.29) is 10.7 Å². The second kappa shape index (κ2) is 5.64. The molecule has 0 radical (unpaired) electrons. The van der Waals surface area contributed by atoms with Gasteiger partial charge in [0, 0.05) is 17.6 Å². The van der Waals surface area contributed by atoms with E-state index >= 15 is 0 Å². The molecule has 2 N–H and O–H groups in total. The molecule has 0 aromatic heterocycles. The number of halogens is 2. The summed E-state index contributed by atoms with van der Waals surface area (Å²) in [6.07, 6.45) is 2.17. The quantitative estimate of drug-likeness (QED) is 0.848. The smallest absolute Gasteiger partial charge is 0.236 e. The fourth-order valence-electron chi connectivity index (χ4n) is 1.56. The largest absolute Gasteiger partial charge is 0.313 e. The lowest BCUT2D eigenvalue weighted by Gasteiger charge is -2.15. The van der Waals surface area contributed by atoms with Crippen LogP contribution in [-0.4, -0.2) is 26.3 Å². The van der Waals surface area contributed by atoms with Crippen LogP contribution in [0.25, 0.3) is 0 Å². The molecule has 0 heterocycles. The van der Waals surface area contributed by atoms with E-state index in [2.05, 4.69) is 10.0 Å². The molecular weight excluding hydrogens is 291 g/mol. The molecule has 0 aliphatic heterocycles. The zero-order chi connectivity index (χ0) is 14.0. The Morgan fingerprint density at radius 3 is 2.79 bits per heavy atom. The molecule has 1 fully saturated rings. The molecule has 0 saturated heterocycles. The molecule has 2 rings (SSSR count). The number of hydrogen-bond donors (Lipinski definition) is 2. The summed E-state index contributed by atoms with van der Waals surface area (Å²) in [5.74, 6) is -0.643. The third-order valence-corrected chi connectivity index (χ3v) is 4.95. The van der Waals surface area contributed by atoms with Crippen molar-refractivity contribution < 1.29 is 12.8 Å². The van der Waals surface area contributed by atoms with Gasteiger partial charge in [-0.05, 0) is 38.0 Å². The Morgan fingerprint density at radius 2 is 2.16 bits per heavy atom. The Morgan fingerprint density at radius 1 is 1.47 bits per heavy atom. The molecule has 1 aromatic carbocycles. The van der Waals surface area contributed by atoms with Crippen LogP contribution in [0.5, 0.6) is 0 Å². The lowest BCUT2D eigenvalue weighted by atomic mass is 10.3. The zero-order valence-corrected chi connectivity index (χ0v) is 12.1. The third-order valence-electron chi connectivity index (χ3n) is 2.98. The molecule has 1 atom stereocenters. The van der Waals surface area contributed by atoms with Gasteiger partial charge >= 0.3 is 0 Å². The van der Waals surface area contributed by atoms with Crippen molar-refractivity contribution in [3.63, 3.8) is 0 Å². The topological polar surface area (TPSA) is 58.2 Å². The summed E-state index contributed by atoms with van der Waals surface area (Å²) >= 11 is 5.72. The number of benzene rings is 1. The minimum absolute atomic E-state index is 0.120. The second-order valence-corrected chi connectivity index (χ2v) is 7.30. The van der Waals surface area contributed by atoms with E-state index in [4.69, 9.17) is 11.6 Å². The van der Waals surface area contributed by atoms with Crippen LogP contribution in [0.15, 0.2) is 18.2 Å². The molecule has 1 aromatic rings. The van der Waals surface area contributed by atoms with E-state index in [9.17, 15) is 12.8 Å². The summed E-state index contributed by atoms with van der Waals surface area (Å²) in [4.78, 5) is 0. The molecule has 1 aliphatic rings. The van der Waals surface area contributed by atoms with Gasteiger partial charge in [0.05, 0.1) is 10.9 Å². The van der Waals surface area contributed by atoms with Crippen LogP contribution in [0.2, 0.25) is 5.02 Å². The summed E-state index contributed by atoms with van der Waals surface area (Å²) in [5.41, 5.74) is -0.120. The zero-order valence-electron chi connectivity index (χ0n) is 10.5. The van der Waals surface area contributed by atoms with Crippen molar-refractivity contribution in [3.05, 3.63) is 29.0 Å². The van der Waals surface area contributed by atoms with Crippen molar-refractivity contribution in [1.29, 1.82) is 0 Å². The molecule has 106 valence electrons. The van der Waals surface area contributed by atoms with Crippen LogP contribution in [-0.2, 0) is 10.0 Å². The van der Waals surface area contributed by atoms with Crippen LogP contribution in [0, 0.1) is 5.82 Å². The van der Waals surface area contributed by atoms with Crippen molar-refractivity contribution >= 4 is 27.3 Å². The Labute approximate surface area is 117 Å². The van der Waals surface area contributed by atoms with Crippen molar-refractivity contribution in [1.82, 2.24) is 5.32 Å². The molecule has 0 bridgehead atoms. The average molecular weight is 307 g/mol. The van der Waals surface area contributed by atoms with E-state index in [1.54, 1.807) is 6.92 Å². The highest BCUT2D eigenvalue weighted by molar-refractivity contribution is 7.93. The molecule has 0 amide bonds. The molecule has 0 spiro atoms. The van der Waals surface area contributed by atoms with Crippen LogP contribution < -0.4 is 10.0 Å². The van der Waals surface area contributed by atoms with Gasteiger partial charge in [0.15, 0.2) is 0 Å². The molecule has 19 heavy (non-hydrogen) atoms. The normalized spacial score (nSPS) is 17.2. The predicted octanol–water partition coefficient (Wildman–Crippen LogP) is 2.36. The molecule has 7 heteroatoms. The number of hydrogen-bond acceptors (Lipinski definition) is 3. The Hall–Kier alpha value is -0.850. The number of nitrogens with one attached hydrogen (secondary N) is 2. The van der Waals surface area contributed by atoms with Gasteiger partial charge in [-0.15, -0.1) is 0 Å². The van der Waals surface area contributed by atoms with Crippen molar-refractivity contribution in [2.24, 2.45) is 0 Å². The van der Waals surface area contributed by atoms with E-state index < -0.39 is 21.1 Å². The minimum Gasteiger partial charge on any atom is -0.313 e. The number of rotatable bonds is 6. The van der Waals surface area contributed by atoms with E-state index in [1.807, 2.05) is 0 Å². The summed E-state index contributed by atoms with van der Waals surface area (Å²) in [5, 5.41) is 2.77. The van der Waals surface area contributed by atoms with Gasteiger partial charge in [-0.25, -0.2) is 12.8 Å². The maximum atomic E-state index is 13.5. The lowest BCUT2D eigenvalue weighted by Crippen LogP contribution is -2.35. The van der Waals surface area contributed by atoms with Gasteiger partial charge in [-0.3, -0.25) is 4.72 Å². The van der Waals surface area contributed by atoms with Crippen LogP contribution >= 0.6 is 11.6 Å². The first-order chi connectivity index (χ1) is 8.88. The fraction of sp³-hybridized carbons (Fsp3) is 0.500. The van der Waals surface area contributed by atoms with Crippen LogP contribution in [0.4, 0.5) is 10.1 Å². The maximum Gasteiger partial charge on any atom is 0.236 e. The summed E-state index contributed by atoms with van der Waals surface area (Å²) in [7, 11) is -3.63. The van der Waals surface area contributed by atoms with Gasteiger partial charge in [0.1, 0.15) is 5.82 Å². The summed E-state index contributed by atoms with van der Waals surface area (Å²) in [6.45, 7) is 1.93. The predicted molar refractivity (Wildman–Crippen MR) is 74.4 cm³/mol. The first-order valence-electron chi connectivity index (χ1n) is 6.08. The monoisotopic (exact) mass is 306 g/mol. The van der Waals surface area contributed by atoms with E-state index in [1.165, 1.54) is 12.1 Å². The maximum absolute atomic E-state index is 13.5. The fourth-order valence-corrected chi connectivity index (χ4v) is 2.71. The average Bonchev–Trinajstić information content (AvgIpc) is 3.14. The SMILES string of the molecule is CC(CNC1CC1)S(=O)(=O)Nc1cc(Cl)ccc1F. The van der Waals surface area contributed by atoms with E-state index in [0.717, 1.165) is 18.9 Å². The van der Waals surface area contributed by atoms with Gasteiger partial charge < -0.3 is 5.32 Å². The van der Waals surface area contributed by atoms with Crippen molar-refractivity contribution in [2.45, 2.75) is 31.1 Å². The molecule has 1 unspecified atom stereocenters. The second-order valence-electron chi connectivity index (χ2n) is 4.76. The van der Waals surface area contributed by atoms with Crippen LogP contribution in [0.3, 0.4) is 0 Å². The Kier molecular flexibility index (Phi) is 4.32. The van der Waals surface area contributed by atoms with Crippen molar-refractivity contribution in [2.75, 3.05) is 11.3 Å². The van der Waals surface area contributed by atoms with Gasteiger partial charge in [-0.2, -0.15) is 0 Å². The Bertz CT molecular complexity index is 561. The first kappa shape index (κ1) is 14.6. The minimum atomic E-state index is -3.63. The molecular formula is C12H16ClFN2O2S. The highest BCUT2D eigenvalue weighted by atomic mass is 35.5. The lowest BCUT2D eigenvalue weighted by molar-refractivity contribution is 0.574. The molecule has 1 saturated carbocycles.